The van der Waals surface area contributed by atoms with Gasteiger partial charge in [0.25, 0.3) is 0 Å². The van der Waals surface area contributed by atoms with E-state index in [-0.39, 0.29) is 0 Å². The van der Waals surface area contributed by atoms with Crippen molar-refractivity contribution in [3.63, 3.8) is 0 Å². The van der Waals surface area contributed by atoms with Crippen LogP contribution in [0.3, 0.4) is 0 Å². The van der Waals surface area contributed by atoms with Crippen molar-refractivity contribution in [2.45, 2.75) is 27.2 Å². The summed E-state index contributed by atoms with van der Waals surface area (Å²) < 4.78 is 0. The van der Waals surface area contributed by atoms with Gasteiger partial charge in [0.2, 0.25) is 0 Å². The lowest BCUT2D eigenvalue weighted by Crippen LogP contribution is -1.80. The van der Waals surface area contributed by atoms with E-state index in [1.165, 1.54) is 0 Å². The fourth-order valence-electron chi connectivity index (χ4n) is 0.615. The number of hydrogen-bond acceptors (Lipinski definition) is 1. The van der Waals surface area contributed by atoms with E-state index in [1.54, 1.807) is 12.4 Å². The van der Waals surface area contributed by atoms with Crippen molar-refractivity contribution in [3.8, 4) is 0 Å². The van der Waals surface area contributed by atoms with Gasteiger partial charge in [-0.1, -0.05) is 26.0 Å². The summed E-state index contributed by atoms with van der Waals surface area (Å²) in [6.07, 6.45) is 10.8. The van der Waals surface area contributed by atoms with Crippen molar-refractivity contribution in [1.29, 1.82) is 0 Å². The number of aliphatic imine (C=N–C) groups is 1. The van der Waals surface area contributed by atoms with Crippen LogP contribution in [0.15, 0.2) is 29.4 Å². The van der Waals surface area contributed by atoms with Crippen molar-refractivity contribution >= 4 is 6.21 Å². The summed E-state index contributed by atoms with van der Waals surface area (Å²) in [7, 11) is 0. The Morgan fingerprint density at radius 2 is 2.00 bits per heavy atom. The average molecular weight is 151 g/mol. The normalized spacial score (nSPS) is 13.1. The van der Waals surface area contributed by atoms with Gasteiger partial charge in [-0.3, -0.25) is 4.99 Å². The molecule has 0 aliphatic heterocycles. The van der Waals surface area contributed by atoms with Crippen LogP contribution in [0.2, 0.25) is 0 Å². The van der Waals surface area contributed by atoms with Gasteiger partial charge in [0, 0.05) is 12.4 Å². The van der Waals surface area contributed by atoms with Crippen LogP contribution < -0.4 is 0 Å². The monoisotopic (exact) mass is 151 g/mol. The van der Waals surface area contributed by atoms with E-state index >= 15 is 0 Å². The van der Waals surface area contributed by atoms with Crippen molar-refractivity contribution in [2.75, 3.05) is 0 Å². The zero-order chi connectivity index (χ0) is 8.53. The predicted octanol–water partition coefficient (Wildman–Crippen LogP) is 3.19. The van der Waals surface area contributed by atoms with Crippen molar-refractivity contribution in [1.82, 2.24) is 0 Å². The van der Waals surface area contributed by atoms with Crippen LogP contribution in [-0.2, 0) is 0 Å². The maximum Gasteiger partial charge on any atom is 0.0263 e. The van der Waals surface area contributed by atoms with Gasteiger partial charge in [-0.25, -0.2) is 0 Å². The molecule has 0 aliphatic rings. The Morgan fingerprint density at radius 1 is 1.27 bits per heavy atom. The molecule has 1 heteroatoms. The molecule has 0 aromatic heterocycles. The highest BCUT2D eigenvalue weighted by molar-refractivity contribution is 5.54. The first kappa shape index (κ1) is 10.2. The molecule has 0 radical (unpaired) electrons. The average Bonchev–Trinajstić information content (AvgIpc) is 1.96. The molecule has 0 aliphatic carbocycles. The Labute approximate surface area is 69.5 Å². The fraction of sp³-hybridized carbons (Fsp3) is 0.500. The third-order valence-electron chi connectivity index (χ3n) is 1.18. The molecule has 0 aromatic rings. The maximum atomic E-state index is 3.93. The number of nitrogens with zero attached hydrogens (tertiary/aromatic N) is 1. The van der Waals surface area contributed by atoms with Crippen LogP contribution in [0.1, 0.15) is 27.2 Å². The lowest BCUT2D eigenvalue weighted by Gasteiger charge is -1.94. The number of allylic oxidation sites excluding steroid dienone is 3. The highest BCUT2D eigenvalue weighted by Gasteiger charge is 1.84. The smallest absolute Gasteiger partial charge is 0.0263 e. The van der Waals surface area contributed by atoms with Crippen molar-refractivity contribution < 1.29 is 0 Å². The molecule has 11 heavy (non-hydrogen) atoms. The van der Waals surface area contributed by atoms with Gasteiger partial charge in [0.15, 0.2) is 0 Å². The van der Waals surface area contributed by atoms with E-state index in [9.17, 15) is 0 Å². The molecule has 0 aromatic carbocycles. The van der Waals surface area contributed by atoms with E-state index in [1.807, 2.05) is 19.1 Å². The third kappa shape index (κ3) is 9.15. The van der Waals surface area contributed by atoms with E-state index in [0.717, 1.165) is 12.3 Å². The zero-order valence-corrected chi connectivity index (χ0v) is 7.62. The molecule has 0 amide bonds. The molecule has 0 heterocycles. The van der Waals surface area contributed by atoms with Crippen LogP contribution in [0.25, 0.3) is 0 Å². The maximum absolute atomic E-state index is 3.93. The Hall–Kier alpha value is -0.850. The van der Waals surface area contributed by atoms with Gasteiger partial charge in [-0.05, 0) is 25.3 Å². The molecular formula is C10H17N. The van der Waals surface area contributed by atoms with Crippen LogP contribution in [-0.4, -0.2) is 6.21 Å². The van der Waals surface area contributed by atoms with Gasteiger partial charge in [0.1, 0.15) is 0 Å². The summed E-state index contributed by atoms with van der Waals surface area (Å²) in [6.45, 7) is 6.32. The van der Waals surface area contributed by atoms with Crippen LogP contribution in [0, 0.1) is 5.92 Å². The van der Waals surface area contributed by atoms with Crippen molar-refractivity contribution in [3.05, 3.63) is 24.4 Å². The molecule has 0 rings (SSSR count). The minimum absolute atomic E-state index is 0.745. The predicted molar refractivity (Wildman–Crippen MR) is 51.9 cm³/mol. The third-order valence-corrected chi connectivity index (χ3v) is 1.18. The first-order valence-corrected chi connectivity index (χ1v) is 4.06. The Kier molecular flexibility index (Phi) is 6.70. The number of hydrogen-bond donors (Lipinski definition) is 0. The topological polar surface area (TPSA) is 12.4 Å². The summed E-state index contributed by atoms with van der Waals surface area (Å²) >= 11 is 0. The second-order valence-electron chi connectivity index (χ2n) is 2.81. The van der Waals surface area contributed by atoms with E-state index < -0.39 is 0 Å². The molecule has 62 valence electrons. The molecule has 0 atom stereocenters. The summed E-state index contributed by atoms with van der Waals surface area (Å²) in [4.78, 5) is 3.93. The van der Waals surface area contributed by atoms with Gasteiger partial charge in [-0.15, -0.1) is 0 Å². The van der Waals surface area contributed by atoms with Gasteiger partial charge in [0.05, 0.1) is 0 Å². The zero-order valence-electron chi connectivity index (χ0n) is 7.62. The van der Waals surface area contributed by atoms with Crippen molar-refractivity contribution in [2.24, 2.45) is 10.9 Å². The summed E-state index contributed by atoms with van der Waals surface area (Å²) in [5.74, 6) is 0.745. The SMILES string of the molecule is C\C=N/C=C\C=C/CC(C)C. The summed E-state index contributed by atoms with van der Waals surface area (Å²) in [5, 5.41) is 0. The Morgan fingerprint density at radius 3 is 2.55 bits per heavy atom. The second kappa shape index (κ2) is 7.26. The molecule has 0 unspecified atom stereocenters. The first-order chi connectivity index (χ1) is 5.27. The van der Waals surface area contributed by atoms with E-state index in [4.69, 9.17) is 0 Å². The molecule has 0 saturated carbocycles. The second-order valence-corrected chi connectivity index (χ2v) is 2.81. The van der Waals surface area contributed by atoms with Crippen LogP contribution in [0.5, 0.6) is 0 Å². The molecule has 0 saturated heterocycles. The number of rotatable bonds is 4. The molecule has 0 N–H and O–H groups in total. The molecule has 0 fully saturated rings. The minimum Gasteiger partial charge on any atom is -0.269 e. The largest absolute Gasteiger partial charge is 0.269 e. The van der Waals surface area contributed by atoms with E-state index in [0.29, 0.717) is 0 Å². The van der Waals surface area contributed by atoms with Crippen LogP contribution >= 0.6 is 0 Å². The standard InChI is InChI=1S/C10H17N/c1-4-11-9-7-5-6-8-10(2)3/h4-7,9-10H,8H2,1-3H3/b6-5-,9-7-,11-4-. The van der Waals surface area contributed by atoms with E-state index in [2.05, 4.69) is 24.9 Å². The summed E-state index contributed by atoms with van der Waals surface area (Å²) in [6, 6.07) is 0. The molecule has 0 spiro atoms. The molecule has 1 nitrogen and oxygen atoms in total. The fourth-order valence-corrected chi connectivity index (χ4v) is 0.615. The first-order valence-electron chi connectivity index (χ1n) is 4.06. The highest BCUT2D eigenvalue weighted by atomic mass is 14.6. The minimum atomic E-state index is 0.745. The van der Waals surface area contributed by atoms with Gasteiger partial charge in [-0.2, -0.15) is 0 Å². The van der Waals surface area contributed by atoms with Crippen LogP contribution in [0.4, 0.5) is 0 Å². The van der Waals surface area contributed by atoms with Gasteiger partial charge >= 0.3 is 0 Å². The quantitative estimate of drug-likeness (QED) is 0.432. The summed E-state index contributed by atoms with van der Waals surface area (Å²) in [5.41, 5.74) is 0. The molecular weight excluding hydrogens is 134 g/mol. The Balaban J connectivity index is 3.44. The lowest BCUT2D eigenvalue weighted by atomic mass is 10.1. The highest BCUT2D eigenvalue weighted by Crippen LogP contribution is 1.99. The van der Waals surface area contributed by atoms with Gasteiger partial charge < -0.3 is 0 Å². The lowest BCUT2D eigenvalue weighted by molar-refractivity contribution is 0.664. The Bertz CT molecular complexity index is 152. The molecule has 0 bridgehead atoms.